The quantitative estimate of drug-likeness (QED) is 0.173. The zero-order valence-corrected chi connectivity index (χ0v) is 29.9. The molecular weight excluding hydrogens is 627 g/mol. The molecule has 0 unspecified atom stereocenters. The van der Waals surface area contributed by atoms with Gasteiger partial charge in [-0.3, -0.25) is 0 Å². The van der Waals surface area contributed by atoms with Gasteiger partial charge in [0.05, 0.1) is 11.6 Å². The predicted molar refractivity (Wildman–Crippen MR) is 218 cm³/mol. The zero-order chi connectivity index (χ0) is 35.4. The second kappa shape index (κ2) is 10.9. The van der Waals surface area contributed by atoms with Crippen LogP contribution in [0.5, 0.6) is 0 Å². The number of nitrogens with zero attached hydrogens (tertiary/aromatic N) is 1. The maximum atomic E-state index is 9.62. The van der Waals surface area contributed by atoms with Gasteiger partial charge < -0.3 is 0 Å². The molecule has 0 fully saturated rings. The molecule has 0 heterocycles. The van der Waals surface area contributed by atoms with Crippen molar-refractivity contribution in [3.8, 4) is 61.7 Å². The highest BCUT2D eigenvalue weighted by Crippen LogP contribution is 2.55. The van der Waals surface area contributed by atoms with Gasteiger partial charge in [0.2, 0.25) is 0 Å². The Labute approximate surface area is 305 Å². The molecule has 0 radical (unpaired) electrons. The molecule has 0 saturated heterocycles. The van der Waals surface area contributed by atoms with Crippen molar-refractivity contribution in [2.24, 2.45) is 0 Å². The third-order valence-electron chi connectivity index (χ3n) is 12.1. The topological polar surface area (TPSA) is 23.8 Å². The first kappa shape index (κ1) is 30.6. The van der Waals surface area contributed by atoms with Crippen molar-refractivity contribution in [1.82, 2.24) is 0 Å². The highest BCUT2D eigenvalue weighted by Gasteiger charge is 2.38. The lowest BCUT2D eigenvalue weighted by Crippen LogP contribution is -2.14. The highest BCUT2D eigenvalue weighted by molar-refractivity contribution is 6.23. The molecule has 1 heteroatoms. The van der Waals surface area contributed by atoms with Crippen LogP contribution in [-0.2, 0) is 10.8 Å². The zero-order valence-electron chi connectivity index (χ0n) is 29.9. The Balaban J connectivity index is 1.30. The van der Waals surface area contributed by atoms with Gasteiger partial charge in [-0.05, 0) is 124 Å². The van der Waals surface area contributed by atoms with Gasteiger partial charge in [0.25, 0.3) is 0 Å². The summed E-state index contributed by atoms with van der Waals surface area (Å²) in [5, 5.41) is 14.5. The largest absolute Gasteiger partial charge is 0.192 e. The molecule has 0 spiro atoms. The molecular formula is C51H37N. The minimum Gasteiger partial charge on any atom is -0.192 e. The van der Waals surface area contributed by atoms with Crippen LogP contribution in [0.1, 0.15) is 55.5 Å². The first-order valence-corrected chi connectivity index (χ1v) is 18.2. The number of nitriles is 1. The van der Waals surface area contributed by atoms with Crippen LogP contribution in [0.2, 0.25) is 0 Å². The van der Waals surface area contributed by atoms with Gasteiger partial charge in [0, 0.05) is 10.8 Å². The van der Waals surface area contributed by atoms with E-state index in [2.05, 4.69) is 173 Å². The number of benzene rings is 8. The first-order valence-electron chi connectivity index (χ1n) is 18.2. The van der Waals surface area contributed by atoms with Crippen molar-refractivity contribution in [3.63, 3.8) is 0 Å². The Morgan fingerprint density at radius 1 is 0.365 bits per heavy atom. The summed E-state index contributed by atoms with van der Waals surface area (Å²) in [6.45, 7) is 9.42. The van der Waals surface area contributed by atoms with Gasteiger partial charge in [-0.1, -0.05) is 155 Å². The molecule has 0 saturated carbocycles. The van der Waals surface area contributed by atoms with Gasteiger partial charge in [0.1, 0.15) is 0 Å². The molecule has 8 aromatic rings. The van der Waals surface area contributed by atoms with Crippen LogP contribution in [0.25, 0.3) is 77.2 Å². The van der Waals surface area contributed by atoms with E-state index in [1.54, 1.807) is 0 Å². The highest BCUT2D eigenvalue weighted by atomic mass is 14.4. The van der Waals surface area contributed by atoms with Crippen LogP contribution in [0, 0.1) is 11.3 Å². The van der Waals surface area contributed by atoms with E-state index < -0.39 is 0 Å². The number of fused-ring (bicyclic) bond motifs is 8. The van der Waals surface area contributed by atoms with E-state index in [4.69, 9.17) is 0 Å². The van der Waals surface area contributed by atoms with Crippen molar-refractivity contribution >= 4 is 21.5 Å². The Kier molecular flexibility index (Phi) is 6.40. The summed E-state index contributed by atoms with van der Waals surface area (Å²) >= 11 is 0. The number of rotatable bonds is 3. The minimum atomic E-state index is -0.101. The Morgan fingerprint density at radius 3 is 1.63 bits per heavy atom. The maximum absolute atomic E-state index is 9.62. The van der Waals surface area contributed by atoms with Crippen LogP contribution in [0.4, 0.5) is 0 Å². The Morgan fingerprint density at radius 2 is 0.885 bits per heavy atom. The van der Waals surface area contributed by atoms with Gasteiger partial charge in [0.15, 0.2) is 0 Å². The molecule has 0 bridgehead atoms. The molecule has 0 atom stereocenters. The summed E-state index contributed by atoms with van der Waals surface area (Å²) in [6.07, 6.45) is 0. The standard InChI is InChI=1S/C51H37N/c1-50(2)44-18-10-8-15-40(44)49-41(16-11-19-45(49)50)48-38-14-6-5-13-37(38)47(32-22-20-31(30-52)21-23-32)39-27-25-33(28-42(39)48)34-24-26-36-35-12-7-9-17-43(35)51(3,4)46(36)29-34/h5-29H,1-4H3. The fraction of sp³-hybridized carbons (Fsp3) is 0.118. The molecule has 1 nitrogen and oxygen atoms in total. The molecule has 0 N–H and O–H groups in total. The summed E-state index contributed by atoms with van der Waals surface area (Å²) in [5.41, 5.74) is 18.6. The number of hydrogen-bond donors (Lipinski definition) is 0. The smallest absolute Gasteiger partial charge is 0.0991 e. The molecule has 0 aromatic heterocycles. The van der Waals surface area contributed by atoms with Gasteiger partial charge in [-0.15, -0.1) is 0 Å². The molecule has 2 aliphatic rings. The van der Waals surface area contributed by atoms with E-state index >= 15 is 0 Å². The fourth-order valence-electron chi connectivity index (χ4n) is 9.52. The van der Waals surface area contributed by atoms with Crippen molar-refractivity contribution < 1.29 is 0 Å². The lowest BCUT2D eigenvalue weighted by Gasteiger charge is -2.23. The minimum absolute atomic E-state index is 0.0757. The molecule has 52 heavy (non-hydrogen) atoms. The van der Waals surface area contributed by atoms with Gasteiger partial charge in [-0.2, -0.15) is 5.26 Å². The van der Waals surface area contributed by atoms with Crippen LogP contribution >= 0.6 is 0 Å². The summed E-state index contributed by atoms with van der Waals surface area (Å²) in [5.74, 6) is 0. The van der Waals surface area contributed by atoms with Crippen LogP contribution < -0.4 is 0 Å². The summed E-state index contributed by atoms with van der Waals surface area (Å²) < 4.78 is 0. The van der Waals surface area contributed by atoms with Crippen molar-refractivity contribution in [1.29, 1.82) is 5.26 Å². The van der Waals surface area contributed by atoms with E-state index in [1.807, 2.05) is 12.1 Å². The molecule has 10 rings (SSSR count). The second-order valence-corrected chi connectivity index (χ2v) is 15.6. The molecule has 0 aliphatic heterocycles. The molecule has 8 aromatic carbocycles. The fourth-order valence-corrected chi connectivity index (χ4v) is 9.52. The second-order valence-electron chi connectivity index (χ2n) is 15.6. The van der Waals surface area contributed by atoms with Crippen LogP contribution in [0.15, 0.2) is 152 Å². The predicted octanol–water partition coefficient (Wildman–Crippen LogP) is 13.5. The van der Waals surface area contributed by atoms with E-state index in [1.165, 1.54) is 93.9 Å². The average Bonchev–Trinajstić information content (AvgIpc) is 3.56. The lowest BCUT2D eigenvalue weighted by atomic mass is 9.80. The van der Waals surface area contributed by atoms with Crippen LogP contribution in [0.3, 0.4) is 0 Å². The Bertz CT molecular complexity index is 2840. The summed E-state index contributed by atoms with van der Waals surface area (Å²) in [7, 11) is 0. The number of hydrogen-bond acceptors (Lipinski definition) is 1. The van der Waals surface area contributed by atoms with E-state index in [9.17, 15) is 5.26 Å². The van der Waals surface area contributed by atoms with Gasteiger partial charge >= 0.3 is 0 Å². The normalized spacial score (nSPS) is 14.4. The molecule has 0 amide bonds. The lowest BCUT2D eigenvalue weighted by molar-refractivity contribution is 0.660. The van der Waals surface area contributed by atoms with Crippen LogP contribution in [-0.4, -0.2) is 0 Å². The van der Waals surface area contributed by atoms with Crippen molar-refractivity contribution in [2.75, 3.05) is 0 Å². The first-order chi connectivity index (χ1) is 25.3. The molecule has 2 aliphatic carbocycles. The molecule has 246 valence electrons. The maximum Gasteiger partial charge on any atom is 0.0991 e. The van der Waals surface area contributed by atoms with Crippen molar-refractivity contribution in [2.45, 2.75) is 38.5 Å². The third kappa shape index (κ3) is 4.16. The summed E-state index contributed by atoms with van der Waals surface area (Å²) in [6, 6.07) is 58.1. The summed E-state index contributed by atoms with van der Waals surface area (Å²) in [4.78, 5) is 0. The van der Waals surface area contributed by atoms with E-state index in [0.29, 0.717) is 5.56 Å². The monoisotopic (exact) mass is 663 g/mol. The Hall–Kier alpha value is -6.23. The van der Waals surface area contributed by atoms with E-state index in [0.717, 1.165) is 5.56 Å². The third-order valence-corrected chi connectivity index (χ3v) is 12.1. The SMILES string of the molecule is CC1(C)c2ccccc2-c2ccc(-c3ccc4c(-c5ccc(C#N)cc5)c5ccccc5c(-c5cccc6c5-c5ccccc5C6(C)C)c4c3)cc21. The van der Waals surface area contributed by atoms with E-state index in [-0.39, 0.29) is 10.8 Å². The average molecular weight is 664 g/mol. The van der Waals surface area contributed by atoms with Gasteiger partial charge in [-0.25, -0.2) is 0 Å². The van der Waals surface area contributed by atoms with Crippen molar-refractivity contribution in [3.05, 3.63) is 179 Å².